The number of aryl methyl sites for hydroxylation is 1. The van der Waals surface area contributed by atoms with Crippen LogP contribution >= 0.6 is 0 Å². The van der Waals surface area contributed by atoms with Crippen molar-refractivity contribution in [3.8, 4) is 0 Å². The molecule has 0 bridgehead atoms. The number of likely N-dealkylation sites (N-methyl/N-ethyl adjacent to an activating group) is 1. The molecular weight excluding hydrogens is 236 g/mol. The van der Waals surface area contributed by atoms with Crippen LogP contribution in [0.2, 0.25) is 0 Å². The van der Waals surface area contributed by atoms with E-state index in [9.17, 15) is 5.11 Å². The number of para-hydroxylation sites is 1. The van der Waals surface area contributed by atoms with Crippen molar-refractivity contribution in [1.29, 1.82) is 0 Å². The van der Waals surface area contributed by atoms with Crippen LogP contribution in [0.1, 0.15) is 26.3 Å². The highest BCUT2D eigenvalue weighted by Crippen LogP contribution is 2.19. The normalized spacial score (nSPS) is 12.7. The van der Waals surface area contributed by atoms with Gasteiger partial charge in [-0.2, -0.15) is 0 Å². The van der Waals surface area contributed by atoms with Gasteiger partial charge in [-0.1, -0.05) is 32.0 Å². The highest BCUT2D eigenvalue weighted by molar-refractivity contribution is 5.52. The number of anilines is 1. The van der Waals surface area contributed by atoms with Crippen molar-refractivity contribution in [3.63, 3.8) is 0 Å². The van der Waals surface area contributed by atoms with E-state index in [1.165, 1.54) is 11.3 Å². The van der Waals surface area contributed by atoms with Crippen LogP contribution in [0.25, 0.3) is 0 Å². The average molecular weight is 264 g/mol. The quantitative estimate of drug-likeness (QED) is 0.757. The molecule has 1 aromatic rings. The van der Waals surface area contributed by atoms with Crippen molar-refractivity contribution in [2.75, 3.05) is 31.1 Å². The number of hydrogen-bond acceptors (Lipinski definition) is 3. The van der Waals surface area contributed by atoms with Crippen LogP contribution in [0.5, 0.6) is 0 Å². The van der Waals surface area contributed by atoms with E-state index in [-0.39, 0.29) is 6.10 Å². The van der Waals surface area contributed by atoms with Crippen LogP contribution in [-0.4, -0.2) is 37.4 Å². The van der Waals surface area contributed by atoms with Gasteiger partial charge in [0.1, 0.15) is 0 Å². The van der Waals surface area contributed by atoms with Crippen molar-refractivity contribution < 1.29 is 5.11 Å². The summed E-state index contributed by atoms with van der Waals surface area (Å²) in [7, 11) is 0. The predicted molar refractivity (Wildman–Crippen MR) is 82.8 cm³/mol. The Kier molecular flexibility index (Phi) is 6.89. The Morgan fingerprint density at radius 2 is 1.89 bits per heavy atom. The van der Waals surface area contributed by atoms with Crippen molar-refractivity contribution >= 4 is 5.69 Å². The topological polar surface area (TPSA) is 35.5 Å². The first-order valence-electron chi connectivity index (χ1n) is 7.24. The van der Waals surface area contributed by atoms with Gasteiger partial charge in [-0.05, 0) is 37.9 Å². The Morgan fingerprint density at radius 1 is 1.21 bits per heavy atom. The molecule has 0 aliphatic rings. The van der Waals surface area contributed by atoms with Gasteiger partial charge in [0.25, 0.3) is 0 Å². The number of aliphatic hydroxyl groups excluding tert-OH is 1. The zero-order valence-corrected chi connectivity index (χ0v) is 12.7. The van der Waals surface area contributed by atoms with Gasteiger partial charge < -0.3 is 15.3 Å². The second-order valence-electron chi connectivity index (χ2n) is 5.53. The maximum absolute atomic E-state index is 10.1. The fourth-order valence-electron chi connectivity index (χ4n) is 2.17. The van der Waals surface area contributed by atoms with Crippen molar-refractivity contribution in [2.45, 2.75) is 33.8 Å². The lowest BCUT2D eigenvalue weighted by molar-refractivity contribution is 0.175. The minimum atomic E-state index is -0.335. The molecule has 1 unspecified atom stereocenters. The molecule has 19 heavy (non-hydrogen) atoms. The molecule has 3 heteroatoms. The van der Waals surface area contributed by atoms with Crippen LogP contribution in [0, 0.1) is 12.8 Å². The Bertz CT molecular complexity index is 366. The molecule has 0 saturated carbocycles. The van der Waals surface area contributed by atoms with Crippen LogP contribution < -0.4 is 10.2 Å². The Hall–Kier alpha value is -1.06. The van der Waals surface area contributed by atoms with Gasteiger partial charge in [0, 0.05) is 25.3 Å². The molecule has 0 aliphatic heterocycles. The van der Waals surface area contributed by atoms with Gasteiger partial charge in [-0.25, -0.2) is 0 Å². The van der Waals surface area contributed by atoms with E-state index in [1.54, 1.807) is 0 Å². The van der Waals surface area contributed by atoms with Crippen LogP contribution in [0.15, 0.2) is 24.3 Å². The van der Waals surface area contributed by atoms with Crippen molar-refractivity contribution in [2.24, 2.45) is 5.92 Å². The van der Waals surface area contributed by atoms with Crippen LogP contribution in [0.4, 0.5) is 5.69 Å². The molecule has 0 spiro atoms. The van der Waals surface area contributed by atoms with Crippen LogP contribution in [-0.2, 0) is 0 Å². The Balaban J connectivity index is 2.50. The second kappa shape index (κ2) is 8.18. The van der Waals surface area contributed by atoms with E-state index in [0.717, 1.165) is 13.1 Å². The van der Waals surface area contributed by atoms with E-state index in [1.807, 2.05) is 12.1 Å². The van der Waals surface area contributed by atoms with Crippen molar-refractivity contribution in [1.82, 2.24) is 5.32 Å². The summed E-state index contributed by atoms with van der Waals surface area (Å²) < 4.78 is 0. The molecule has 0 radical (unpaired) electrons. The summed E-state index contributed by atoms with van der Waals surface area (Å²) >= 11 is 0. The van der Waals surface area contributed by atoms with Crippen LogP contribution in [0.3, 0.4) is 0 Å². The summed E-state index contributed by atoms with van der Waals surface area (Å²) in [6.45, 7) is 11.8. The largest absolute Gasteiger partial charge is 0.390 e. The monoisotopic (exact) mass is 264 g/mol. The summed E-state index contributed by atoms with van der Waals surface area (Å²) in [6.07, 6.45) is -0.335. The summed E-state index contributed by atoms with van der Waals surface area (Å²) in [4.78, 5) is 2.23. The molecule has 1 rings (SSSR count). The third kappa shape index (κ3) is 5.62. The molecule has 0 aromatic heterocycles. The van der Waals surface area contributed by atoms with Gasteiger partial charge in [-0.3, -0.25) is 0 Å². The fraction of sp³-hybridized carbons (Fsp3) is 0.625. The smallest absolute Gasteiger partial charge is 0.0839 e. The van der Waals surface area contributed by atoms with E-state index >= 15 is 0 Å². The molecule has 0 aliphatic carbocycles. The number of hydrogen-bond donors (Lipinski definition) is 2. The molecule has 0 fully saturated rings. The SMILES string of the molecule is CCN(CC(O)CNCC(C)C)c1ccccc1C. The zero-order valence-electron chi connectivity index (χ0n) is 12.7. The maximum atomic E-state index is 10.1. The average Bonchev–Trinajstić information content (AvgIpc) is 2.36. The van der Waals surface area contributed by atoms with E-state index in [0.29, 0.717) is 19.0 Å². The molecule has 0 amide bonds. The highest BCUT2D eigenvalue weighted by Gasteiger charge is 2.12. The standard InChI is InChI=1S/C16H28N2O/c1-5-18(16-9-7-6-8-14(16)4)12-15(19)11-17-10-13(2)3/h6-9,13,15,17,19H,5,10-12H2,1-4H3. The van der Waals surface area contributed by atoms with E-state index in [4.69, 9.17) is 0 Å². The van der Waals surface area contributed by atoms with Gasteiger partial charge >= 0.3 is 0 Å². The first-order valence-corrected chi connectivity index (χ1v) is 7.24. The molecule has 1 aromatic carbocycles. The first-order chi connectivity index (χ1) is 9.04. The molecular formula is C16H28N2O. The Labute approximate surface area is 117 Å². The van der Waals surface area contributed by atoms with E-state index in [2.05, 4.69) is 50.0 Å². The number of benzene rings is 1. The molecule has 0 heterocycles. The fourth-order valence-corrected chi connectivity index (χ4v) is 2.17. The zero-order chi connectivity index (χ0) is 14.3. The minimum Gasteiger partial charge on any atom is -0.390 e. The lowest BCUT2D eigenvalue weighted by Crippen LogP contribution is -2.39. The third-order valence-corrected chi connectivity index (χ3v) is 3.20. The van der Waals surface area contributed by atoms with Crippen molar-refractivity contribution in [3.05, 3.63) is 29.8 Å². The third-order valence-electron chi connectivity index (χ3n) is 3.20. The van der Waals surface area contributed by atoms with Gasteiger partial charge in [0.15, 0.2) is 0 Å². The second-order valence-corrected chi connectivity index (χ2v) is 5.53. The van der Waals surface area contributed by atoms with Gasteiger partial charge in [0.2, 0.25) is 0 Å². The number of nitrogens with zero attached hydrogens (tertiary/aromatic N) is 1. The first kappa shape index (κ1) is 16.0. The highest BCUT2D eigenvalue weighted by atomic mass is 16.3. The molecule has 3 nitrogen and oxygen atoms in total. The lowest BCUT2D eigenvalue weighted by atomic mass is 10.1. The summed E-state index contributed by atoms with van der Waals surface area (Å²) in [5.74, 6) is 0.617. The summed E-state index contributed by atoms with van der Waals surface area (Å²) in [5, 5.41) is 13.4. The number of nitrogens with one attached hydrogen (secondary N) is 1. The minimum absolute atomic E-state index is 0.335. The molecule has 108 valence electrons. The summed E-state index contributed by atoms with van der Waals surface area (Å²) in [5.41, 5.74) is 2.47. The van der Waals surface area contributed by atoms with E-state index < -0.39 is 0 Å². The Morgan fingerprint density at radius 3 is 2.47 bits per heavy atom. The van der Waals surface area contributed by atoms with Gasteiger partial charge in [-0.15, -0.1) is 0 Å². The van der Waals surface area contributed by atoms with Gasteiger partial charge in [0.05, 0.1) is 6.10 Å². The number of aliphatic hydroxyl groups is 1. The molecule has 1 atom stereocenters. The molecule has 0 saturated heterocycles. The lowest BCUT2D eigenvalue weighted by Gasteiger charge is -2.27. The predicted octanol–water partition coefficient (Wildman–Crippen LogP) is 2.43. The summed E-state index contributed by atoms with van der Waals surface area (Å²) in [6, 6.07) is 8.33. The number of rotatable bonds is 8. The maximum Gasteiger partial charge on any atom is 0.0839 e. The molecule has 2 N–H and O–H groups in total.